The highest BCUT2D eigenvalue weighted by Crippen LogP contribution is 2.60. The third-order valence-corrected chi connectivity index (χ3v) is 3.63. The van der Waals surface area contributed by atoms with Gasteiger partial charge in [0.1, 0.15) is 6.04 Å². The second kappa shape index (κ2) is 2.46. The van der Waals surface area contributed by atoms with E-state index in [1.807, 2.05) is 0 Å². The molecule has 0 aromatic rings. The Labute approximate surface area is 71.9 Å². The SMILES string of the molecule is NC(C(=O)O)C1(C2CCC2)CC1. The van der Waals surface area contributed by atoms with Crippen LogP contribution in [0.2, 0.25) is 0 Å². The first kappa shape index (κ1) is 8.05. The Morgan fingerprint density at radius 1 is 1.50 bits per heavy atom. The van der Waals surface area contributed by atoms with Gasteiger partial charge >= 0.3 is 5.97 Å². The molecule has 2 aliphatic carbocycles. The van der Waals surface area contributed by atoms with Crippen LogP contribution in [0.4, 0.5) is 0 Å². The van der Waals surface area contributed by atoms with Gasteiger partial charge in [-0.05, 0) is 37.0 Å². The number of hydrogen-bond acceptors (Lipinski definition) is 2. The summed E-state index contributed by atoms with van der Waals surface area (Å²) in [4.78, 5) is 10.7. The van der Waals surface area contributed by atoms with Crippen molar-refractivity contribution in [3.63, 3.8) is 0 Å². The van der Waals surface area contributed by atoms with Crippen molar-refractivity contribution >= 4 is 5.97 Å². The van der Waals surface area contributed by atoms with Crippen LogP contribution >= 0.6 is 0 Å². The van der Waals surface area contributed by atoms with E-state index in [1.54, 1.807) is 0 Å². The smallest absolute Gasteiger partial charge is 0.321 e. The molecule has 3 nitrogen and oxygen atoms in total. The summed E-state index contributed by atoms with van der Waals surface area (Å²) in [5.74, 6) is -0.206. The molecule has 0 aromatic carbocycles. The predicted molar refractivity (Wildman–Crippen MR) is 44.6 cm³/mol. The average molecular weight is 169 g/mol. The van der Waals surface area contributed by atoms with Crippen molar-refractivity contribution in [1.82, 2.24) is 0 Å². The molecule has 1 atom stereocenters. The quantitative estimate of drug-likeness (QED) is 0.662. The number of hydrogen-bond donors (Lipinski definition) is 2. The molecule has 0 aliphatic heterocycles. The number of carboxylic acids is 1. The summed E-state index contributed by atoms with van der Waals surface area (Å²) in [6.45, 7) is 0. The number of aliphatic carboxylic acids is 1. The minimum Gasteiger partial charge on any atom is -0.480 e. The molecular weight excluding hydrogens is 154 g/mol. The van der Waals surface area contributed by atoms with E-state index < -0.39 is 12.0 Å². The molecule has 3 heteroatoms. The minimum absolute atomic E-state index is 0.00405. The molecule has 1 unspecified atom stereocenters. The van der Waals surface area contributed by atoms with Gasteiger partial charge in [-0.25, -0.2) is 0 Å². The first-order valence-electron chi connectivity index (χ1n) is 4.65. The van der Waals surface area contributed by atoms with Crippen LogP contribution in [-0.4, -0.2) is 17.1 Å². The normalized spacial score (nSPS) is 29.1. The van der Waals surface area contributed by atoms with E-state index >= 15 is 0 Å². The molecule has 0 saturated heterocycles. The molecule has 0 aromatic heterocycles. The first-order chi connectivity index (χ1) is 5.67. The lowest BCUT2D eigenvalue weighted by molar-refractivity contribution is -0.141. The Kier molecular flexibility index (Phi) is 1.65. The van der Waals surface area contributed by atoms with Crippen molar-refractivity contribution < 1.29 is 9.90 Å². The highest BCUT2D eigenvalue weighted by molar-refractivity contribution is 5.75. The van der Waals surface area contributed by atoms with Gasteiger partial charge in [0.25, 0.3) is 0 Å². The van der Waals surface area contributed by atoms with Crippen LogP contribution in [0.15, 0.2) is 0 Å². The van der Waals surface area contributed by atoms with Crippen molar-refractivity contribution in [2.24, 2.45) is 17.1 Å². The van der Waals surface area contributed by atoms with Crippen LogP contribution in [0.25, 0.3) is 0 Å². The van der Waals surface area contributed by atoms with Gasteiger partial charge in [0.15, 0.2) is 0 Å². The van der Waals surface area contributed by atoms with E-state index in [4.69, 9.17) is 10.8 Å². The summed E-state index contributed by atoms with van der Waals surface area (Å²) in [6.07, 6.45) is 5.72. The molecule has 2 aliphatic rings. The number of rotatable bonds is 3. The summed E-state index contributed by atoms with van der Waals surface area (Å²) in [5.41, 5.74) is 5.67. The monoisotopic (exact) mass is 169 g/mol. The van der Waals surface area contributed by atoms with Crippen LogP contribution in [0.3, 0.4) is 0 Å². The maximum atomic E-state index is 10.7. The van der Waals surface area contributed by atoms with Gasteiger partial charge in [0, 0.05) is 0 Å². The Morgan fingerprint density at radius 2 is 2.08 bits per heavy atom. The third-order valence-electron chi connectivity index (χ3n) is 3.63. The zero-order valence-corrected chi connectivity index (χ0v) is 7.12. The van der Waals surface area contributed by atoms with Gasteiger partial charge in [-0.15, -0.1) is 0 Å². The summed E-state index contributed by atoms with van der Waals surface area (Å²) < 4.78 is 0. The highest BCUT2D eigenvalue weighted by atomic mass is 16.4. The van der Waals surface area contributed by atoms with Crippen molar-refractivity contribution in [2.45, 2.75) is 38.1 Å². The Balaban J connectivity index is 2.04. The fourth-order valence-electron chi connectivity index (χ4n) is 2.35. The fourth-order valence-corrected chi connectivity index (χ4v) is 2.35. The minimum atomic E-state index is -0.820. The highest BCUT2D eigenvalue weighted by Gasteiger charge is 2.57. The average Bonchev–Trinajstić information content (AvgIpc) is 2.64. The van der Waals surface area contributed by atoms with E-state index in [-0.39, 0.29) is 5.41 Å². The summed E-state index contributed by atoms with van der Waals surface area (Å²) in [5, 5.41) is 8.80. The topological polar surface area (TPSA) is 63.3 Å². The second-order valence-electron chi connectivity index (χ2n) is 4.18. The summed E-state index contributed by atoms with van der Waals surface area (Å²) in [7, 11) is 0. The van der Waals surface area contributed by atoms with Crippen molar-refractivity contribution in [3.05, 3.63) is 0 Å². The molecule has 0 bridgehead atoms. The fraction of sp³-hybridized carbons (Fsp3) is 0.889. The summed E-state index contributed by atoms with van der Waals surface area (Å²) in [6, 6.07) is -0.609. The summed E-state index contributed by atoms with van der Waals surface area (Å²) >= 11 is 0. The van der Waals surface area contributed by atoms with Crippen molar-refractivity contribution in [3.8, 4) is 0 Å². The van der Waals surface area contributed by atoms with Gasteiger partial charge < -0.3 is 10.8 Å². The molecule has 12 heavy (non-hydrogen) atoms. The van der Waals surface area contributed by atoms with Crippen molar-refractivity contribution in [1.29, 1.82) is 0 Å². The largest absolute Gasteiger partial charge is 0.480 e. The Morgan fingerprint density at radius 3 is 2.33 bits per heavy atom. The molecule has 0 spiro atoms. The third kappa shape index (κ3) is 0.959. The van der Waals surface area contributed by atoms with E-state index in [0.717, 1.165) is 12.8 Å². The molecule has 0 heterocycles. The van der Waals surface area contributed by atoms with Gasteiger partial charge in [-0.3, -0.25) is 4.79 Å². The lowest BCUT2D eigenvalue weighted by Crippen LogP contribution is -2.45. The van der Waals surface area contributed by atoms with E-state index in [2.05, 4.69) is 0 Å². The van der Waals surface area contributed by atoms with Crippen LogP contribution < -0.4 is 5.73 Å². The second-order valence-corrected chi connectivity index (χ2v) is 4.18. The molecule has 2 rings (SSSR count). The predicted octanol–water partition coefficient (Wildman–Crippen LogP) is 0.979. The molecular formula is C9H15NO2. The number of carboxylic acid groups (broad SMARTS) is 1. The zero-order chi connectivity index (χ0) is 8.77. The maximum Gasteiger partial charge on any atom is 0.321 e. The number of nitrogens with two attached hydrogens (primary N) is 1. The lowest BCUT2D eigenvalue weighted by Gasteiger charge is -2.36. The zero-order valence-electron chi connectivity index (χ0n) is 7.12. The van der Waals surface area contributed by atoms with Gasteiger partial charge in [-0.1, -0.05) is 6.42 Å². The first-order valence-corrected chi connectivity index (χ1v) is 4.65. The van der Waals surface area contributed by atoms with Crippen LogP contribution in [0.5, 0.6) is 0 Å². The molecule has 2 saturated carbocycles. The van der Waals surface area contributed by atoms with E-state index in [9.17, 15) is 4.79 Å². The standard InChI is InChI=1S/C9H15NO2/c10-7(8(11)12)9(4-5-9)6-2-1-3-6/h6-7H,1-5,10H2,(H,11,12). The van der Waals surface area contributed by atoms with Crippen LogP contribution in [0.1, 0.15) is 32.1 Å². The van der Waals surface area contributed by atoms with E-state index in [1.165, 1.54) is 19.3 Å². The lowest BCUT2D eigenvalue weighted by atomic mass is 9.70. The molecule has 0 radical (unpaired) electrons. The van der Waals surface area contributed by atoms with Crippen LogP contribution in [0, 0.1) is 11.3 Å². The molecule has 0 amide bonds. The Hall–Kier alpha value is -0.570. The van der Waals surface area contributed by atoms with Gasteiger partial charge in [0.05, 0.1) is 0 Å². The number of carbonyl (C=O) groups is 1. The van der Waals surface area contributed by atoms with E-state index in [0.29, 0.717) is 5.92 Å². The molecule has 68 valence electrons. The molecule has 3 N–H and O–H groups in total. The van der Waals surface area contributed by atoms with Crippen LogP contribution in [-0.2, 0) is 4.79 Å². The van der Waals surface area contributed by atoms with Gasteiger partial charge in [-0.2, -0.15) is 0 Å². The van der Waals surface area contributed by atoms with Crippen molar-refractivity contribution in [2.75, 3.05) is 0 Å². The van der Waals surface area contributed by atoms with Gasteiger partial charge in [0.2, 0.25) is 0 Å². The molecule has 2 fully saturated rings. The maximum absolute atomic E-state index is 10.7. The Bertz CT molecular complexity index is 207.